The molecule has 0 bridgehead atoms. The van der Waals surface area contributed by atoms with Crippen LogP contribution in [-0.4, -0.2) is 35.7 Å². The Kier molecular flexibility index (Phi) is 3.97. The van der Waals surface area contributed by atoms with Crippen molar-refractivity contribution in [1.82, 2.24) is 4.57 Å². The number of nitrogen functional groups attached to an aromatic ring is 1. The number of nitrogens with zero attached hydrogens (tertiary/aromatic N) is 3. The van der Waals surface area contributed by atoms with Gasteiger partial charge in [0.2, 0.25) is 5.90 Å². The summed E-state index contributed by atoms with van der Waals surface area (Å²) in [6.45, 7) is 4.54. The SMILES string of the molecule is COC(=O)c1c(N)c(C#N)cn1-c1ccc(C2=NC(C)(C)CO2)cc1. The van der Waals surface area contributed by atoms with Gasteiger partial charge in [0.15, 0.2) is 5.69 Å². The number of benzene rings is 1. The average molecular weight is 338 g/mol. The summed E-state index contributed by atoms with van der Waals surface area (Å²) in [5.74, 6) is -0.0113. The van der Waals surface area contributed by atoms with Crippen LogP contribution in [0.3, 0.4) is 0 Å². The lowest BCUT2D eigenvalue weighted by Crippen LogP contribution is -2.17. The van der Waals surface area contributed by atoms with E-state index in [1.165, 1.54) is 13.3 Å². The van der Waals surface area contributed by atoms with Gasteiger partial charge >= 0.3 is 5.97 Å². The molecule has 1 aliphatic rings. The Bertz CT molecular complexity index is 902. The van der Waals surface area contributed by atoms with E-state index in [0.29, 0.717) is 18.2 Å². The minimum atomic E-state index is -0.603. The second-order valence-corrected chi connectivity index (χ2v) is 6.34. The first kappa shape index (κ1) is 16.6. The fourth-order valence-corrected chi connectivity index (χ4v) is 2.62. The smallest absolute Gasteiger partial charge is 0.357 e. The van der Waals surface area contributed by atoms with Crippen molar-refractivity contribution in [2.24, 2.45) is 4.99 Å². The molecule has 2 aromatic rings. The molecule has 128 valence electrons. The summed E-state index contributed by atoms with van der Waals surface area (Å²) >= 11 is 0. The van der Waals surface area contributed by atoms with E-state index in [2.05, 4.69) is 4.99 Å². The molecule has 1 aromatic heterocycles. The minimum absolute atomic E-state index is 0.101. The maximum atomic E-state index is 12.0. The van der Waals surface area contributed by atoms with Gasteiger partial charge in [-0.25, -0.2) is 9.79 Å². The van der Waals surface area contributed by atoms with E-state index in [1.54, 1.807) is 16.7 Å². The zero-order valence-electron chi connectivity index (χ0n) is 14.2. The Morgan fingerprint density at radius 2 is 2.08 bits per heavy atom. The van der Waals surface area contributed by atoms with Gasteiger partial charge in [-0.05, 0) is 38.1 Å². The molecule has 7 nitrogen and oxygen atoms in total. The summed E-state index contributed by atoms with van der Waals surface area (Å²) in [6.07, 6.45) is 1.52. The molecular formula is C18H18N4O3. The molecule has 0 atom stereocenters. The number of rotatable bonds is 3. The van der Waals surface area contributed by atoms with Crippen LogP contribution < -0.4 is 5.73 Å². The van der Waals surface area contributed by atoms with Crippen molar-refractivity contribution in [2.75, 3.05) is 19.5 Å². The second-order valence-electron chi connectivity index (χ2n) is 6.34. The molecule has 0 fully saturated rings. The molecule has 7 heteroatoms. The predicted molar refractivity (Wildman–Crippen MR) is 92.8 cm³/mol. The lowest BCUT2D eigenvalue weighted by atomic mass is 10.1. The molecule has 0 unspecified atom stereocenters. The Balaban J connectivity index is 2.01. The average Bonchev–Trinajstić information content (AvgIpc) is 3.13. The van der Waals surface area contributed by atoms with Crippen molar-refractivity contribution in [3.05, 3.63) is 47.3 Å². The molecule has 2 N–H and O–H groups in total. The van der Waals surface area contributed by atoms with Gasteiger partial charge in [-0.2, -0.15) is 5.26 Å². The highest BCUT2D eigenvalue weighted by Crippen LogP contribution is 2.26. The molecule has 0 spiro atoms. The van der Waals surface area contributed by atoms with E-state index in [4.69, 9.17) is 20.5 Å². The van der Waals surface area contributed by atoms with Crippen molar-refractivity contribution in [2.45, 2.75) is 19.4 Å². The predicted octanol–water partition coefficient (Wildman–Crippen LogP) is 2.27. The summed E-state index contributed by atoms with van der Waals surface area (Å²) in [5.41, 5.74) is 7.63. The van der Waals surface area contributed by atoms with Crippen LogP contribution in [0.2, 0.25) is 0 Å². The number of carbonyl (C=O) groups excluding carboxylic acids is 1. The van der Waals surface area contributed by atoms with Crippen LogP contribution in [0.5, 0.6) is 0 Å². The summed E-state index contributed by atoms with van der Waals surface area (Å²) in [6, 6.07) is 9.28. The van der Waals surface area contributed by atoms with Gasteiger partial charge in [-0.15, -0.1) is 0 Å². The Morgan fingerprint density at radius 3 is 2.60 bits per heavy atom. The summed E-state index contributed by atoms with van der Waals surface area (Å²) in [7, 11) is 1.27. The van der Waals surface area contributed by atoms with E-state index in [-0.39, 0.29) is 22.5 Å². The number of aliphatic imine (C=N–C) groups is 1. The number of hydrogen-bond donors (Lipinski definition) is 1. The number of aromatic nitrogens is 1. The van der Waals surface area contributed by atoms with Gasteiger partial charge in [0.05, 0.1) is 23.9 Å². The third-order valence-corrected chi connectivity index (χ3v) is 3.90. The van der Waals surface area contributed by atoms with Crippen LogP contribution in [0.4, 0.5) is 5.69 Å². The fraction of sp³-hybridized carbons (Fsp3) is 0.278. The lowest BCUT2D eigenvalue weighted by molar-refractivity contribution is 0.0593. The monoisotopic (exact) mass is 338 g/mol. The molecule has 2 heterocycles. The van der Waals surface area contributed by atoms with E-state index in [0.717, 1.165) is 5.56 Å². The van der Waals surface area contributed by atoms with Crippen LogP contribution in [0.15, 0.2) is 35.5 Å². The highest BCUT2D eigenvalue weighted by atomic mass is 16.5. The number of nitriles is 1. The molecule has 0 saturated heterocycles. The maximum absolute atomic E-state index is 12.0. The third-order valence-electron chi connectivity index (χ3n) is 3.90. The minimum Gasteiger partial charge on any atom is -0.475 e. The van der Waals surface area contributed by atoms with Gasteiger partial charge in [0.25, 0.3) is 0 Å². The van der Waals surface area contributed by atoms with Gasteiger partial charge in [0, 0.05) is 17.4 Å². The molecule has 0 saturated carbocycles. The number of ether oxygens (including phenoxy) is 2. The van der Waals surface area contributed by atoms with Crippen LogP contribution in [0.25, 0.3) is 5.69 Å². The van der Waals surface area contributed by atoms with E-state index in [9.17, 15) is 4.79 Å². The Labute approximate surface area is 145 Å². The summed E-state index contributed by atoms with van der Waals surface area (Å²) in [5, 5.41) is 9.17. The molecule has 0 radical (unpaired) electrons. The largest absolute Gasteiger partial charge is 0.475 e. The zero-order valence-corrected chi connectivity index (χ0v) is 14.2. The highest BCUT2D eigenvalue weighted by molar-refractivity contribution is 5.97. The number of anilines is 1. The number of methoxy groups -OCH3 is 1. The molecule has 25 heavy (non-hydrogen) atoms. The Hall–Kier alpha value is -3.27. The van der Waals surface area contributed by atoms with Crippen molar-refractivity contribution in [3.8, 4) is 11.8 Å². The topological polar surface area (TPSA) is 103 Å². The molecular weight excluding hydrogens is 320 g/mol. The van der Waals surface area contributed by atoms with Gasteiger partial charge in [-0.3, -0.25) is 0 Å². The standard InChI is InChI=1S/C18H18N4O3/c1-18(2)10-25-16(21-18)11-4-6-13(7-5-11)22-9-12(8-19)14(20)15(22)17(23)24-3/h4-7,9H,10,20H2,1-3H3. The fourth-order valence-electron chi connectivity index (χ4n) is 2.62. The lowest BCUT2D eigenvalue weighted by Gasteiger charge is -2.09. The first-order valence-electron chi connectivity index (χ1n) is 7.69. The summed E-state index contributed by atoms with van der Waals surface area (Å²) < 4.78 is 11.9. The van der Waals surface area contributed by atoms with Gasteiger partial charge in [-0.1, -0.05) is 0 Å². The number of hydrogen-bond acceptors (Lipinski definition) is 6. The van der Waals surface area contributed by atoms with Crippen LogP contribution in [0, 0.1) is 11.3 Å². The molecule has 0 aliphatic carbocycles. The zero-order chi connectivity index (χ0) is 18.2. The maximum Gasteiger partial charge on any atom is 0.357 e. The van der Waals surface area contributed by atoms with Crippen LogP contribution in [0.1, 0.15) is 35.5 Å². The van der Waals surface area contributed by atoms with Gasteiger partial charge < -0.3 is 19.8 Å². The van der Waals surface area contributed by atoms with Crippen LogP contribution >= 0.6 is 0 Å². The first-order chi connectivity index (χ1) is 11.9. The highest BCUT2D eigenvalue weighted by Gasteiger charge is 2.27. The second kappa shape index (κ2) is 5.98. The molecule has 3 rings (SSSR count). The Morgan fingerprint density at radius 1 is 1.40 bits per heavy atom. The normalized spacial score (nSPS) is 15.2. The number of carbonyl (C=O) groups is 1. The quantitative estimate of drug-likeness (QED) is 0.865. The number of nitrogens with two attached hydrogens (primary N) is 1. The van der Waals surface area contributed by atoms with Crippen molar-refractivity contribution < 1.29 is 14.3 Å². The van der Waals surface area contributed by atoms with Gasteiger partial charge in [0.1, 0.15) is 12.7 Å². The van der Waals surface area contributed by atoms with Crippen molar-refractivity contribution in [1.29, 1.82) is 5.26 Å². The number of esters is 1. The van der Waals surface area contributed by atoms with E-state index in [1.807, 2.05) is 32.0 Å². The summed E-state index contributed by atoms with van der Waals surface area (Å²) in [4.78, 5) is 16.6. The molecule has 1 aromatic carbocycles. The molecule has 1 aliphatic heterocycles. The van der Waals surface area contributed by atoms with Crippen molar-refractivity contribution >= 4 is 17.6 Å². The third kappa shape index (κ3) is 2.94. The van der Waals surface area contributed by atoms with E-state index >= 15 is 0 Å². The van der Waals surface area contributed by atoms with Crippen LogP contribution in [-0.2, 0) is 9.47 Å². The van der Waals surface area contributed by atoms with Crippen molar-refractivity contribution in [3.63, 3.8) is 0 Å². The molecule has 0 amide bonds. The van der Waals surface area contributed by atoms with E-state index < -0.39 is 5.97 Å². The first-order valence-corrected chi connectivity index (χ1v) is 7.69.